The van der Waals surface area contributed by atoms with Crippen LogP contribution in [-0.2, 0) is 11.3 Å². The summed E-state index contributed by atoms with van der Waals surface area (Å²) in [4.78, 5) is 33.9. The minimum atomic E-state index is -0.449. The van der Waals surface area contributed by atoms with E-state index in [1.54, 1.807) is 35.6 Å². The second kappa shape index (κ2) is 9.52. The molecule has 2 aromatic heterocycles. The van der Waals surface area contributed by atoms with Crippen molar-refractivity contribution in [2.24, 2.45) is 0 Å². The minimum absolute atomic E-state index is 0.0133. The number of aromatic nitrogens is 3. The number of imidazole rings is 1. The SMILES string of the molecule is Cc1ccc2nc(N(CCCn3ccnc3)C(=O)/C=C/c3ccc([N+](=O)[O-])cc3)sc2c1. The molecule has 0 saturated heterocycles. The van der Waals surface area contributed by atoms with Crippen LogP contribution in [0, 0.1) is 17.0 Å². The average molecular weight is 448 g/mol. The van der Waals surface area contributed by atoms with Crippen molar-refractivity contribution in [3.63, 3.8) is 0 Å². The number of benzene rings is 2. The number of rotatable bonds is 8. The minimum Gasteiger partial charge on any atom is -0.337 e. The molecule has 0 aliphatic carbocycles. The van der Waals surface area contributed by atoms with E-state index in [9.17, 15) is 14.9 Å². The predicted molar refractivity (Wildman–Crippen MR) is 126 cm³/mol. The number of thiazole rings is 1. The molecule has 0 aliphatic rings. The fraction of sp³-hybridized carbons (Fsp3) is 0.174. The fourth-order valence-electron chi connectivity index (χ4n) is 3.23. The molecule has 0 bridgehead atoms. The number of nitro groups is 1. The number of anilines is 1. The first-order valence-electron chi connectivity index (χ1n) is 10.1. The van der Waals surface area contributed by atoms with Gasteiger partial charge < -0.3 is 4.57 Å². The highest BCUT2D eigenvalue weighted by Gasteiger charge is 2.18. The molecule has 162 valence electrons. The van der Waals surface area contributed by atoms with Gasteiger partial charge in [-0.05, 0) is 54.8 Å². The number of carbonyl (C=O) groups excluding carboxylic acids is 1. The lowest BCUT2D eigenvalue weighted by atomic mass is 10.2. The molecule has 32 heavy (non-hydrogen) atoms. The molecule has 0 N–H and O–H groups in total. The molecule has 1 amide bonds. The summed E-state index contributed by atoms with van der Waals surface area (Å²) in [5.74, 6) is -0.190. The van der Waals surface area contributed by atoms with E-state index in [0.29, 0.717) is 17.2 Å². The molecular weight excluding hydrogens is 426 g/mol. The third-order valence-electron chi connectivity index (χ3n) is 4.91. The molecule has 0 spiro atoms. The third-order valence-corrected chi connectivity index (χ3v) is 5.95. The zero-order valence-corrected chi connectivity index (χ0v) is 18.2. The summed E-state index contributed by atoms with van der Waals surface area (Å²) in [6.07, 6.45) is 9.25. The van der Waals surface area contributed by atoms with Gasteiger partial charge in [0.2, 0.25) is 0 Å². The molecule has 4 rings (SSSR count). The Bertz CT molecular complexity index is 1260. The Hall–Kier alpha value is -3.85. The van der Waals surface area contributed by atoms with Gasteiger partial charge in [-0.2, -0.15) is 0 Å². The summed E-state index contributed by atoms with van der Waals surface area (Å²) < 4.78 is 3.00. The molecule has 2 heterocycles. The highest BCUT2D eigenvalue weighted by atomic mass is 32.1. The summed E-state index contributed by atoms with van der Waals surface area (Å²) in [6, 6.07) is 12.1. The van der Waals surface area contributed by atoms with E-state index in [-0.39, 0.29) is 11.6 Å². The maximum Gasteiger partial charge on any atom is 0.269 e. The van der Waals surface area contributed by atoms with E-state index in [1.165, 1.54) is 29.5 Å². The summed E-state index contributed by atoms with van der Waals surface area (Å²) in [6.45, 7) is 3.26. The van der Waals surface area contributed by atoms with Gasteiger partial charge in [0.1, 0.15) is 0 Å². The third kappa shape index (κ3) is 5.06. The molecule has 0 unspecified atom stereocenters. The van der Waals surface area contributed by atoms with Crippen molar-refractivity contribution in [1.82, 2.24) is 14.5 Å². The maximum atomic E-state index is 13.1. The van der Waals surface area contributed by atoms with Gasteiger partial charge in [0.25, 0.3) is 11.6 Å². The van der Waals surface area contributed by atoms with Crippen LogP contribution in [-0.4, -0.2) is 31.9 Å². The largest absolute Gasteiger partial charge is 0.337 e. The van der Waals surface area contributed by atoms with Crippen molar-refractivity contribution in [3.05, 3.63) is 88.5 Å². The number of nitrogens with zero attached hydrogens (tertiary/aromatic N) is 5. The lowest BCUT2D eigenvalue weighted by Gasteiger charge is -2.18. The Morgan fingerprint density at radius 1 is 1.25 bits per heavy atom. The summed E-state index contributed by atoms with van der Waals surface area (Å²) in [5, 5.41) is 11.5. The molecule has 8 nitrogen and oxygen atoms in total. The number of non-ortho nitro benzene ring substituents is 1. The topological polar surface area (TPSA) is 94.2 Å². The van der Waals surface area contributed by atoms with Gasteiger partial charge in [-0.1, -0.05) is 17.4 Å². The number of hydrogen-bond acceptors (Lipinski definition) is 6. The van der Waals surface area contributed by atoms with Gasteiger partial charge in [-0.25, -0.2) is 9.97 Å². The molecule has 0 fully saturated rings. The van der Waals surface area contributed by atoms with Crippen molar-refractivity contribution in [2.45, 2.75) is 19.9 Å². The first kappa shape index (κ1) is 21.4. The molecular formula is C23H21N5O3S. The van der Waals surface area contributed by atoms with Crippen molar-refractivity contribution < 1.29 is 9.72 Å². The van der Waals surface area contributed by atoms with Crippen LogP contribution in [0.3, 0.4) is 0 Å². The second-order valence-corrected chi connectivity index (χ2v) is 8.30. The van der Waals surface area contributed by atoms with Crippen LogP contribution in [0.1, 0.15) is 17.5 Å². The van der Waals surface area contributed by atoms with Gasteiger partial charge in [-0.15, -0.1) is 0 Å². The van der Waals surface area contributed by atoms with E-state index in [2.05, 4.69) is 16.0 Å². The Labute approximate surface area is 188 Å². The molecule has 0 atom stereocenters. The first-order valence-corrected chi connectivity index (χ1v) is 10.9. The van der Waals surface area contributed by atoms with Crippen molar-refractivity contribution in [2.75, 3.05) is 11.4 Å². The van der Waals surface area contributed by atoms with Gasteiger partial charge in [0, 0.05) is 43.7 Å². The number of nitro benzene ring substituents is 1. The lowest BCUT2D eigenvalue weighted by Crippen LogP contribution is -2.30. The van der Waals surface area contributed by atoms with Crippen LogP contribution in [0.4, 0.5) is 10.8 Å². The highest BCUT2D eigenvalue weighted by molar-refractivity contribution is 7.22. The first-order chi connectivity index (χ1) is 15.5. The predicted octanol–water partition coefficient (Wildman–Crippen LogP) is 4.85. The molecule has 0 saturated carbocycles. The monoisotopic (exact) mass is 447 g/mol. The molecule has 0 radical (unpaired) electrons. The molecule has 9 heteroatoms. The zero-order chi connectivity index (χ0) is 22.5. The fourth-order valence-corrected chi connectivity index (χ4v) is 4.33. The van der Waals surface area contributed by atoms with Gasteiger partial charge in [-0.3, -0.25) is 19.8 Å². The van der Waals surface area contributed by atoms with E-state index in [0.717, 1.165) is 28.7 Å². The highest BCUT2D eigenvalue weighted by Crippen LogP contribution is 2.30. The van der Waals surface area contributed by atoms with Gasteiger partial charge in [0.05, 0.1) is 21.5 Å². The standard InChI is InChI=1S/C23H21N5O3S/c1-17-3-9-20-21(15-17)32-23(25-20)27(13-2-12-26-14-11-24-16-26)22(29)10-6-18-4-7-19(8-5-18)28(30)31/h3-11,14-16H,2,12-13H2,1H3/b10-6+. The Morgan fingerprint density at radius 3 is 2.78 bits per heavy atom. The van der Waals surface area contributed by atoms with Crippen LogP contribution in [0.5, 0.6) is 0 Å². The smallest absolute Gasteiger partial charge is 0.269 e. The summed E-state index contributed by atoms with van der Waals surface area (Å²) >= 11 is 1.49. The van der Waals surface area contributed by atoms with Crippen LogP contribution < -0.4 is 4.90 Å². The zero-order valence-electron chi connectivity index (χ0n) is 17.4. The average Bonchev–Trinajstić information content (AvgIpc) is 3.44. The van der Waals surface area contributed by atoms with E-state index >= 15 is 0 Å². The Balaban J connectivity index is 1.55. The van der Waals surface area contributed by atoms with Crippen LogP contribution in [0.25, 0.3) is 16.3 Å². The number of amides is 1. The summed E-state index contributed by atoms with van der Waals surface area (Å²) in [5.41, 5.74) is 2.73. The van der Waals surface area contributed by atoms with Gasteiger partial charge >= 0.3 is 0 Å². The second-order valence-electron chi connectivity index (χ2n) is 7.29. The summed E-state index contributed by atoms with van der Waals surface area (Å²) in [7, 11) is 0. The van der Waals surface area contributed by atoms with E-state index < -0.39 is 4.92 Å². The molecule has 2 aromatic carbocycles. The van der Waals surface area contributed by atoms with Crippen molar-refractivity contribution >= 4 is 44.4 Å². The Morgan fingerprint density at radius 2 is 2.06 bits per heavy atom. The van der Waals surface area contributed by atoms with E-state index in [4.69, 9.17) is 0 Å². The van der Waals surface area contributed by atoms with Crippen molar-refractivity contribution in [1.29, 1.82) is 0 Å². The lowest BCUT2D eigenvalue weighted by molar-refractivity contribution is -0.384. The van der Waals surface area contributed by atoms with Crippen LogP contribution >= 0.6 is 11.3 Å². The normalized spacial score (nSPS) is 11.3. The number of carbonyl (C=O) groups is 1. The molecule has 0 aliphatic heterocycles. The van der Waals surface area contributed by atoms with Crippen LogP contribution in [0.15, 0.2) is 67.3 Å². The number of hydrogen-bond donors (Lipinski definition) is 0. The van der Waals surface area contributed by atoms with Crippen LogP contribution in [0.2, 0.25) is 0 Å². The number of aryl methyl sites for hydroxylation is 2. The van der Waals surface area contributed by atoms with E-state index in [1.807, 2.05) is 29.8 Å². The van der Waals surface area contributed by atoms with Gasteiger partial charge in [0.15, 0.2) is 5.13 Å². The quantitative estimate of drug-likeness (QED) is 0.219. The molecule has 4 aromatic rings. The van der Waals surface area contributed by atoms with Crippen molar-refractivity contribution in [3.8, 4) is 0 Å². The maximum absolute atomic E-state index is 13.1. The Kier molecular flexibility index (Phi) is 6.37. The number of fused-ring (bicyclic) bond motifs is 1.